The molecule has 0 spiro atoms. The second-order valence-corrected chi connectivity index (χ2v) is 5.60. The number of hydrogen-bond donors (Lipinski definition) is 1. The van der Waals surface area contributed by atoms with Gasteiger partial charge in [0.2, 0.25) is 0 Å². The quantitative estimate of drug-likeness (QED) is 0.881. The monoisotopic (exact) mass is 306 g/mol. The highest BCUT2D eigenvalue weighted by atomic mass is 35.5. The van der Waals surface area contributed by atoms with E-state index in [0.717, 1.165) is 16.3 Å². The zero-order chi connectivity index (χ0) is 15.4. The van der Waals surface area contributed by atoms with Crippen molar-refractivity contribution < 1.29 is 4.39 Å². The van der Waals surface area contributed by atoms with Crippen molar-refractivity contribution in [1.29, 1.82) is 0 Å². The highest BCUT2D eigenvalue weighted by Gasteiger charge is 2.16. The average molecular weight is 307 g/mol. The van der Waals surface area contributed by atoms with Crippen LogP contribution in [0.25, 0.3) is 0 Å². The van der Waals surface area contributed by atoms with Gasteiger partial charge >= 0.3 is 0 Å². The number of nitrogens with zero attached hydrogens (tertiary/aromatic N) is 1. The summed E-state index contributed by atoms with van der Waals surface area (Å²) in [6.07, 6.45) is 0. The van der Waals surface area contributed by atoms with Crippen LogP contribution in [0.1, 0.15) is 24.1 Å². The predicted molar refractivity (Wildman–Crippen MR) is 87.4 cm³/mol. The van der Waals surface area contributed by atoms with E-state index in [1.54, 1.807) is 6.07 Å². The minimum absolute atomic E-state index is 0.0473. The Morgan fingerprint density at radius 2 is 1.86 bits per heavy atom. The summed E-state index contributed by atoms with van der Waals surface area (Å²) in [5, 5.41) is 3.82. The zero-order valence-corrected chi connectivity index (χ0v) is 13.3. The van der Waals surface area contributed by atoms with Gasteiger partial charge in [-0.05, 0) is 43.8 Å². The van der Waals surface area contributed by atoms with Crippen LogP contribution in [0.3, 0.4) is 0 Å². The third-order valence-corrected chi connectivity index (χ3v) is 3.89. The normalized spacial score (nSPS) is 12.2. The molecule has 0 bridgehead atoms. The molecule has 0 aliphatic carbocycles. The van der Waals surface area contributed by atoms with Gasteiger partial charge in [-0.2, -0.15) is 0 Å². The molecule has 0 radical (unpaired) electrons. The predicted octanol–water partition coefficient (Wildman–Crippen LogP) is 4.40. The van der Waals surface area contributed by atoms with Crippen molar-refractivity contribution in [2.75, 3.05) is 19.0 Å². The Morgan fingerprint density at radius 3 is 2.48 bits per heavy atom. The van der Waals surface area contributed by atoms with Gasteiger partial charge in [0.05, 0.1) is 0 Å². The standard InChI is InChI=1S/C17H20ClFN2/c1-12(20-2)17-15(19)5-4-6-16(17)21(3)11-13-7-9-14(18)10-8-13/h4-10,12,20H,11H2,1-3H3. The molecule has 2 nitrogen and oxygen atoms in total. The maximum atomic E-state index is 14.2. The average Bonchev–Trinajstić information content (AvgIpc) is 2.48. The Morgan fingerprint density at radius 1 is 1.19 bits per heavy atom. The van der Waals surface area contributed by atoms with E-state index in [1.165, 1.54) is 6.07 Å². The van der Waals surface area contributed by atoms with Crippen molar-refractivity contribution in [1.82, 2.24) is 5.32 Å². The Kier molecular flexibility index (Phi) is 5.21. The fraction of sp³-hybridized carbons (Fsp3) is 0.294. The van der Waals surface area contributed by atoms with E-state index in [0.29, 0.717) is 12.1 Å². The smallest absolute Gasteiger partial charge is 0.130 e. The molecule has 1 atom stereocenters. The molecule has 0 fully saturated rings. The van der Waals surface area contributed by atoms with Crippen molar-refractivity contribution in [3.8, 4) is 0 Å². The summed E-state index contributed by atoms with van der Waals surface area (Å²) in [5.41, 5.74) is 2.72. The zero-order valence-electron chi connectivity index (χ0n) is 12.5. The number of rotatable bonds is 5. The molecule has 0 aromatic heterocycles. The van der Waals surface area contributed by atoms with Crippen LogP contribution in [0.5, 0.6) is 0 Å². The van der Waals surface area contributed by atoms with Crippen LogP contribution in [0.2, 0.25) is 5.02 Å². The van der Waals surface area contributed by atoms with Crippen molar-refractivity contribution in [2.45, 2.75) is 19.5 Å². The topological polar surface area (TPSA) is 15.3 Å². The number of hydrogen-bond acceptors (Lipinski definition) is 2. The lowest BCUT2D eigenvalue weighted by atomic mass is 10.0. The molecule has 4 heteroatoms. The molecule has 2 aromatic carbocycles. The molecule has 21 heavy (non-hydrogen) atoms. The third-order valence-electron chi connectivity index (χ3n) is 3.64. The largest absolute Gasteiger partial charge is 0.370 e. The van der Waals surface area contributed by atoms with Gasteiger partial charge in [0.1, 0.15) is 5.82 Å². The van der Waals surface area contributed by atoms with Crippen molar-refractivity contribution >= 4 is 17.3 Å². The van der Waals surface area contributed by atoms with E-state index in [9.17, 15) is 4.39 Å². The van der Waals surface area contributed by atoms with E-state index in [4.69, 9.17) is 11.6 Å². The second-order valence-electron chi connectivity index (χ2n) is 5.17. The SMILES string of the molecule is CNC(C)c1c(F)cccc1N(C)Cc1ccc(Cl)cc1. The molecule has 0 saturated heterocycles. The van der Waals surface area contributed by atoms with Gasteiger partial charge in [-0.15, -0.1) is 0 Å². The molecule has 0 aliphatic rings. The number of benzene rings is 2. The van der Waals surface area contributed by atoms with Gasteiger partial charge < -0.3 is 10.2 Å². The summed E-state index contributed by atoms with van der Waals surface area (Å²) in [6.45, 7) is 2.65. The van der Waals surface area contributed by atoms with E-state index in [1.807, 2.05) is 51.4 Å². The van der Waals surface area contributed by atoms with E-state index in [2.05, 4.69) is 10.2 Å². The van der Waals surface area contributed by atoms with Gasteiger partial charge in [0, 0.05) is 35.9 Å². The number of anilines is 1. The van der Waals surface area contributed by atoms with Crippen LogP contribution >= 0.6 is 11.6 Å². The number of nitrogens with one attached hydrogen (secondary N) is 1. The fourth-order valence-corrected chi connectivity index (χ4v) is 2.51. The molecule has 1 unspecified atom stereocenters. The van der Waals surface area contributed by atoms with Crippen molar-refractivity contribution in [3.05, 3.63) is 64.4 Å². The molecule has 0 aliphatic heterocycles. The van der Waals surface area contributed by atoms with Gasteiger partial charge in [-0.1, -0.05) is 29.8 Å². The van der Waals surface area contributed by atoms with Gasteiger partial charge in [-0.3, -0.25) is 0 Å². The fourth-order valence-electron chi connectivity index (χ4n) is 2.38. The lowest BCUT2D eigenvalue weighted by Crippen LogP contribution is -2.22. The Hall–Kier alpha value is -1.58. The molecule has 1 N–H and O–H groups in total. The third kappa shape index (κ3) is 3.74. The Bertz CT molecular complexity index is 598. The van der Waals surface area contributed by atoms with Crippen LogP contribution in [-0.2, 0) is 6.54 Å². The minimum atomic E-state index is -0.183. The maximum Gasteiger partial charge on any atom is 0.130 e. The van der Waals surface area contributed by atoms with E-state index >= 15 is 0 Å². The van der Waals surface area contributed by atoms with E-state index < -0.39 is 0 Å². The maximum absolute atomic E-state index is 14.2. The summed E-state index contributed by atoms with van der Waals surface area (Å²) in [5.74, 6) is -0.183. The summed E-state index contributed by atoms with van der Waals surface area (Å²) in [6, 6.07) is 12.9. The van der Waals surface area contributed by atoms with Gasteiger partial charge in [-0.25, -0.2) is 4.39 Å². The molecular formula is C17H20ClFN2. The Labute approximate surface area is 130 Å². The highest BCUT2D eigenvalue weighted by Crippen LogP contribution is 2.29. The summed E-state index contributed by atoms with van der Waals surface area (Å²) < 4.78 is 14.2. The van der Waals surface area contributed by atoms with Crippen LogP contribution in [0.4, 0.5) is 10.1 Å². The van der Waals surface area contributed by atoms with Crippen molar-refractivity contribution in [3.63, 3.8) is 0 Å². The molecule has 112 valence electrons. The van der Waals surface area contributed by atoms with E-state index in [-0.39, 0.29) is 11.9 Å². The molecule has 0 amide bonds. The van der Waals surface area contributed by atoms with Crippen LogP contribution in [0.15, 0.2) is 42.5 Å². The molecular weight excluding hydrogens is 287 g/mol. The molecule has 0 heterocycles. The highest BCUT2D eigenvalue weighted by molar-refractivity contribution is 6.30. The number of halogens is 2. The lowest BCUT2D eigenvalue weighted by molar-refractivity contribution is 0.560. The van der Waals surface area contributed by atoms with Crippen LogP contribution in [-0.4, -0.2) is 14.1 Å². The first kappa shape index (κ1) is 15.8. The molecule has 0 saturated carbocycles. The summed E-state index contributed by atoms with van der Waals surface area (Å²) in [7, 11) is 3.80. The molecule has 2 aromatic rings. The first-order valence-corrected chi connectivity index (χ1v) is 7.32. The van der Waals surface area contributed by atoms with Crippen LogP contribution in [0, 0.1) is 5.82 Å². The van der Waals surface area contributed by atoms with Crippen LogP contribution < -0.4 is 10.2 Å². The lowest BCUT2D eigenvalue weighted by Gasteiger charge is -2.25. The van der Waals surface area contributed by atoms with Gasteiger partial charge in [0.15, 0.2) is 0 Å². The van der Waals surface area contributed by atoms with Gasteiger partial charge in [0.25, 0.3) is 0 Å². The van der Waals surface area contributed by atoms with Crippen molar-refractivity contribution in [2.24, 2.45) is 0 Å². The summed E-state index contributed by atoms with van der Waals surface area (Å²) in [4.78, 5) is 2.05. The minimum Gasteiger partial charge on any atom is -0.370 e. The second kappa shape index (κ2) is 6.92. The first-order chi connectivity index (χ1) is 10.0. The molecule has 2 rings (SSSR count). The first-order valence-electron chi connectivity index (χ1n) is 6.94. The summed E-state index contributed by atoms with van der Waals surface area (Å²) >= 11 is 5.90. The Balaban J connectivity index is 2.28.